The first kappa shape index (κ1) is 23.8. The topological polar surface area (TPSA) is 71.4 Å². The van der Waals surface area contributed by atoms with E-state index in [4.69, 9.17) is 0 Å². The number of aromatic nitrogens is 1. The third kappa shape index (κ3) is 4.27. The summed E-state index contributed by atoms with van der Waals surface area (Å²) in [6.45, 7) is 6.40. The van der Waals surface area contributed by atoms with Gasteiger partial charge in [-0.1, -0.05) is 52.3 Å². The highest BCUT2D eigenvalue weighted by Crippen LogP contribution is 2.31. The standard InChI is InChI=1S/C29H24BrN3O3/c1-17-12-18(2)14-22(13-17)33-28(35)25(27(34)31-29(33)36)15-24-19(3)32(26-7-5-4-6-23(24)26)16-20-8-10-21(30)11-9-20/h4-15H,16H2,1-3H3,(H,31,34,36)/b25-15-. The normalized spacial score (nSPS) is 15.2. The van der Waals surface area contributed by atoms with Crippen molar-refractivity contribution in [3.8, 4) is 0 Å². The van der Waals surface area contributed by atoms with Gasteiger partial charge < -0.3 is 4.57 Å². The van der Waals surface area contributed by atoms with Gasteiger partial charge in [0.1, 0.15) is 5.57 Å². The molecule has 6 nitrogen and oxygen atoms in total. The van der Waals surface area contributed by atoms with E-state index in [1.54, 1.807) is 18.2 Å². The van der Waals surface area contributed by atoms with Crippen molar-refractivity contribution < 1.29 is 14.4 Å². The maximum Gasteiger partial charge on any atom is 0.335 e. The van der Waals surface area contributed by atoms with Gasteiger partial charge in [-0.3, -0.25) is 14.9 Å². The lowest BCUT2D eigenvalue weighted by Gasteiger charge is -2.27. The molecular weight excluding hydrogens is 518 g/mol. The fraction of sp³-hybridized carbons (Fsp3) is 0.138. The van der Waals surface area contributed by atoms with Crippen LogP contribution in [0, 0.1) is 20.8 Å². The smallest absolute Gasteiger partial charge is 0.335 e. The number of imide groups is 2. The lowest BCUT2D eigenvalue weighted by atomic mass is 10.0. The number of carbonyl (C=O) groups is 3. The van der Waals surface area contributed by atoms with Crippen LogP contribution in [-0.4, -0.2) is 22.4 Å². The summed E-state index contributed by atoms with van der Waals surface area (Å²) < 4.78 is 3.18. The number of amides is 4. The zero-order valence-electron chi connectivity index (χ0n) is 20.1. The Morgan fingerprint density at radius 3 is 2.25 bits per heavy atom. The molecule has 4 amide bonds. The number of halogens is 1. The van der Waals surface area contributed by atoms with Crippen molar-refractivity contribution >= 4 is 56.4 Å². The molecule has 0 unspecified atom stereocenters. The Labute approximate surface area is 217 Å². The van der Waals surface area contributed by atoms with Gasteiger partial charge in [-0.2, -0.15) is 0 Å². The summed E-state index contributed by atoms with van der Waals surface area (Å²) in [4.78, 5) is 40.1. The van der Waals surface area contributed by atoms with Crippen molar-refractivity contribution in [2.24, 2.45) is 0 Å². The Morgan fingerprint density at radius 2 is 1.56 bits per heavy atom. The third-order valence-electron chi connectivity index (χ3n) is 6.39. The van der Waals surface area contributed by atoms with Crippen LogP contribution in [0.15, 0.2) is 76.8 Å². The van der Waals surface area contributed by atoms with Crippen molar-refractivity contribution in [1.29, 1.82) is 0 Å². The third-order valence-corrected chi connectivity index (χ3v) is 6.92. The van der Waals surface area contributed by atoms with Crippen LogP contribution in [0.25, 0.3) is 17.0 Å². The quantitative estimate of drug-likeness (QED) is 0.252. The molecule has 0 spiro atoms. The van der Waals surface area contributed by atoms with Gasteiger partial charge in [0.25, 0.3) is 11.8 Å². The number of hydrogen-bond donors (Lipinski definition) is 1. The lowest BCUT2D eigenvalue weighted by Crippen LogP contribution is -2.54. The van der Waals surface area contributed by atoms with Gasteiger partial charge in [-0.25, -0.2) is 9.69 Å². The number of para-hydroxylation sites is 1. The molecule has 4 aromatic rings. The fourth-order valence-electron chi connectivity index (χ4n) is 4.73. The van der Waals surface area contributed by atoms with E-state index in [0.29, 0.717) is 12.2 Å². The van der Waals surface area contributed by atoms with Gasteiger partial charge >= 0.3 is 6.03 Å². The van der Waals surface area contributed by atoms with Gasteiger partial charge in [0.05, 0.1) is 5.69 Å². The van der Waals surface area contributed by atoms with Gasteiger partial charge in [0.15, 0.2) is 0 Å². The maximum atomic E-state index is 13.5. The van der Waals surface area contributed by atoms with Crippen LogP contribution in [-0.2, 0) is 16.1 Å². The molecule has 0 saturated carbocycles. The predicted octanol–water partition coefficient (Wildman–Crippen LogP) is 6.04. The van der Waals surface area contributed by atoms with Crippen LogP contribution in [0.5, 0.6) is 0 Å². The molecule has 7 heteroatoms. The number of anilines is 1. The number of barbiturate groups is 1. The summed E-state index contributed by atoms with van der Waals surface area (Å²) in [7, 11) is 0. The molecule has 1 N–H and O–H groups in total. The number of fused-ring (bicyclic) bond motifs is 1. The molecule has 5 rings (SSSR count). The first-order valence-electron chi connectivity index (χ1n) is 11.5. The SMILES string of the molecule is Cc1cc(C)cc(N2C(=O)NC(=O)/C(=C/c3c(C)n(Cc4ccc(Br)cc4)c4ccccc34)C2=O)c1. The van der Waals surface area contributed by atoms with Crippen LogP contribution in [0.1, 0.15) is 27.9 Å². The Balaban J connectivity index is 1.61. The molecular formula is C29H24BrN3O3. The summed E-state index contributed by atoms with van der Waals surface area (Å²) in [6, 6.07) is 20.7. The van der Waals surface area contributed by atoms with Gasteiger partial charge in [0, 0.05) is 33.2 Å². The van der Waals surface area contributed by atoms with Crippen LogP contribution >= 0.6 is 15.9 Å². The van der Waals surface area contributed by atoms with Crippen molar-refractivity contribution in [3.63, 3.8) is 0 Å². The number of carbonyl (C=O) groups excluding carboxylic acids is 3. The summed E-state index contributed by atoms with van der Waals surface area (Å²) in [5.41, 5.74) is 6.00. The molecule has 0 atom stereocenters. The molecule has 1 fully saturated rings. The largest absolute Gasteiger partial charge is 0.340 e. The second kappa shape index (κ2) is 9.24. The molecule has 0 aliphatic carbocycles. The minimum atomic E-state index is -0.749. The monoisotopic (exact) mass is 541 g/mol. The first-order chi connectivity index (χ1) is 17.2. The van der Waals surface area contributed by atoms with Crippen LogP contribution in [0.3, 0.4) is 0 Å². The van der Waals surface area contributed by atoms with Crippen LogP contribution in [0.4, 0.5) is 10.5 Å². The molecule has 180 valence electrons. The number of urea groups is 1. The average Bonchev–Trinajstić information content (AvgIpc) is 3.08. The molecule has 1 aliphatic heterocycles. The highest BCUT2D eigenvalue weighted by Gasteiger charge is 2.37. The van der Waals surface area contributed by atoms with Crippen molar-refractivity contribution in [1.82, 2.24) is 9.88 Å². The summed E-state index contributed by atoms with van der Waals surface area (Å²) in [5, 5.41) is 3.26. The Kier molecular flexibility index (Phi) is 6.10. The maximum absolute atomic E-state index is 13.5. The van der Waals surface area contributed by atoms with E-state index in [1.807, 2.05) is 63.2 Å². The van der Waals surface area contributed by atoms with E-state index < -0.39 is 17.8 Å². The van der Waals surface area contributed by atoms with E-state index in [-0.39, 0.29) is 5.57 Å². The Hall–Kier alpha value is -3.97. The second-order valence-electron chi connectivity index (χ2n) is 9.03. The lowest BCUT2D eigenvalue weighted by molar-refractivity contribution is -0.122. The van der Waals surface area contributed by atoms with E-state index >= 15 is 0 Å². The van der Waals surface area contributed by atoms with E-state index in [2.05, 4.69) is 37.9 Å². The summed E-state index contributed by atoms with van der Waals surface area (Å²) in [6.07, 6.45) is 1.61. The van der Waals surface area contributed by atoms with Crippen LogP contribution < -0.4 is 10.2 Å². The number of nitrogens with zero attached hydrogens (tertiary/aromatic N) is 2. The average molecular weight is 542 g/mol. The van der Waals surface area contributed by atoms with Crippen LogP contribution in [0.2, 0.25) is 0 Å². The van der Waals surface area contributed by atoms with E-state index in [1.165, 1.54) is 0 Å². The van der Waals surface area contributed by atoms with Crippen molar-refractivity contribution in [2.75, 3.05) is 4.90 Å². The Bertz CT molecular complexity index is 1560. The minimum absolute atomic E-state index is 0.0802. The van der Waals surface area contributed by atoms with E-state index in [9.17, 15) is 14.4 Å². The van der Waals surface area contributed by atoms with Gasteiger partial charge in [-0.05, 0) is 73.9 Å². The zero-order valence-corrected chi connectivity index (χ0v) is 21.7. The molecule has 3 aromatic carbocycles. The number of aryl methyl sites for hydroxylation is 2. The van der Waals surface area contributed by atoms with E-state index in [0.717, 1.165) is 48.2 Å². The molecule has 0 bridgehead atoms. The first-order valence-corrected chi connectivity index (χ1v) is 12.3. The number of hydrogen-bond acceptors (Lipinski definition) is 3. The highest BCUT2D eigenvalue weighted by molar-refractivity contribution is 9.10. The zero-order chi connectivity index (χ0) is 25.6. The van der Waals surface area contributed by atoms with Gasteiger partial charge in [-0.15, -0.1) is 0 Å². The minimum Gasteiger partial charge on any atom is -0.340 e. The second-order valence-corrected chi connectivity index (χ2v) is 9.95. The summed E-state index contributed by atoms with van der Waals surface area (Å²) >= 11 is 3.48. The van der Waals surface area contributed by atoms with Gasteiger partial charge in [0.2, 0.25) is 0 Å². The molecule has 2 heterocycles. The van der Waals surface area contributed by atoms with Crippen molar-refractivity contribution in [2.45, 2.75) is 27.3 Å². The predicted molar refractivity (Wildman–Crippen MR) is 145 cm³/mol. The van der Waals surface area contributed by atoms with Crippen molar-refractivity contribution in [3.05, 3.63) is 105 Å². The number of nitrogens with one attached hydrogen (secondary N) is 1. The molecule has 0 radical (unpaired) electrons. The number of benzene rings is 3. The molecule has 1 saturated heterocycles. The highest BCUT2D eigenvalue weighted by atomic mass is 79.9. The molecule has 36 heavy (non-hydrogen) atoms. The molecule has 1 aromatic heterocycles. The Morgan fingerprint density at radius 1 is 0.889 bits per heavy atom. The fourth-order valence-corrected chi connectivity index (χ4v) is 5.00. The molecule has 1 aliphatic rings. The number of rotatable bonds is 4. The summed E-state index contributed by atoms with van der Waals surface area (Å²) in [5.74, 6) is -1.34.